The Hall–Kier alpha value is -2.24. The van der Waals surface area contributed by atoms with Crippen LogP contribution in [-0.2, 0) is 6.54 Å². The molecule has 0 amide bonds. The number of aryl methyl sites for hydroxylation is 1. The second-order valence-electron chi connectivity index (χ2n) is 3.44. The van der Waals surface area contributed by atoms with Crippen LogP contribution in [0.4, 0.5) is 4.39 Å². The largest absolute Gasteiger partial charge is 0.478 e. The zero-order valence-electron chi connectivity index (χ0n) is 8.88. The summed E-state index contributed by atoms with van der Waals surface area (Å²) in [5.41, 5.74) is 1.56. The molecule has 0 bridgehead atoms. The lowest BCUT2D eigenvalue weighted by atomic mass is 10.1. The number of rotatable bonds is 4. The molecule has 0 aliphatic rings. The molecule has 0 atom stereocenters. The van der Waals surface area contributed by atoms with E-state index >= 15 is 0 Å². The Morgan fingerprint density at radius 2 is 2.06 bits per heavy atom. The van der Waals surface area contributed by atoms with Gasteiger partial charge < -0.3 is 5.11 Å². The van der Waals surface area contributed by atoms with E-state index in [1.54, 1.807) is 18.3 Å². The van der Waals surface area contributed by atoms with E-state index in [4.69, 9.17) is 5.11 Å². The minimum absolute atomic E-state index is 0.167. The molecule has 0 radical (unpaired) electrons. The maximum absolute atomic E-state index is 12.1. The van der Waals surface area contributed by atoms with Gasteiger partial charge in [0.05, 0.1) is 18.3 Å². The minimum Gasteiger partial charge on any atom is -0.478 e. The van der Waals surface area contributed by atoms with Crippen molar-refractivity contribution in [2.75, 3.05) is 6.67 Å². The quantitative estimate of drug-likeness (QED) is 0.874. The number of alkyl halides is 1. The summed E-state index contributed by atoms with van der Waals surface area (Å²) >= 11 is 0. The fraction of sp³-hybridized carbons (Fsp3) is 0.182. The van der Waals surface area contributed by atoms with Crippen LogP contribution in [-0.4, -0.2) is 32.7 Å². The van der Waals surface area contributed by atoms with Gasteiger partial charge in [-0.15, -0.1) is 5.10 Å². The molecule has 88 valence electrons. The molecule has 0 fully saturated rings. The van der Waals surface area contributed by atoms with Crippen molar-refractivity contribution in [2.24, 2.45) is 0 Å². The van der Waals surface area contributed by atoms with Gasteiger partial charge in [0.1, 0.15) is 12.4 Å². The summed E-state index contributed by atoms with van der Waals surface area (Å²) in [5.74, 6) is -0.974. The number of aromatic nitrogens is 3. The second kappa shape index (κ2) is 4.73. The van der Waals surface area contributed by atoms with Crippen molar-refractivity contribution >= 4 is 5.97 Å². The summed E-state index contributed by atoms with van der Waals surface area (Å²) in [4.78, 5) is 10.7. The fourth-order valence-corrected chi connectivity index (χ4v) is 1.41. The van der Waals surface area contributed by atoms with Gasteiger partial charge in [0.2, 0.25) is 0 Å². The summed E-state index contributed by atoms with van der Waals surface area (Å²) in [6.45, 7) is -0.332. The first-order valence-corrected chi connectivity index (χ1v) is 5.00. The third-order valence-corrected chi connectivity index (χ3v) is 2.28. The summed E-state index contributed by atoms with van der Waals surface area (Å²) in [5, 5.41) is 16.4. The molecular weight excluding hydrogens is 225 g/mol. The molecule has 1 N–H and O–H groups in total. The summed E-state index contributed by atoms with van der Waals surface area (Å²) in [6, 6.07) is 6.28. The number of hydrogen-bond donors (Lipinski definition) is 1. The average Bonchev–Trinajstić information content (AvgIpc) is 2.78. The molecule has 6 heteroatoms. The predicted octanol–water partition coefficient (Wildman–Crippen LogP) is 1.61. The van der Waals surface area contributed by atoms with Gasteiger partial charge >= 0.3 is 5.97 Å². The van der Waals surface area contributed by atoms with Crippen molar-refractivity contribution in [3.8, 4) is 11.3 Å². The molecular formula is C11H10FN3O2. The Morgan fingerprint density at radius 1 is 1.35 bits per heavy atom. The third-order valence-electron chi connectivity index (χ3n) is 2.28. The fourth-order valence-electron chi connectivity index (χ4n) is 1.41. The van der Waals surface area contributed by atoms with Crippen LogP contribution in [0, 0.1) is 0 Å². The Morgan fingerprint density at radius 3 is 2.65 bits per heavy atom. The predicted molar refractivity (Wildman–Crippen MR) is 58.4 cm³/mol. The van der Waals surface area contributed by atoms with Crippen molar-refractivity contribution < 1.29 is 14.3 Å². The molecule has 1 heterocycles. The van der Waals surface area contributed by atoms with Gasteiger partial charge in [0.15, 0.2) is 0 Å². The number of carbonyl (C=O) groups is 1. The normalized spacial score (nSPS) is 10.4. The van der Waals surface area contributed by atoms with E-state index < -0.39 is 12.6 Å². The number of benzene rings is 1. The average molecular weight is 235 g/mol. The second-order valence-corrected chi connectivity index (χ2v) is 3.44. The first kappa shape index (κ1) is 11.3. The molecule has 0 saturated carbocycles. The first-order chi connectivity index (χ1) is 8.20. The van der Waals surface area contributed by atoms with E-state index in [1.807, 2.05) is 0 Å². The van der Waals surface area contributed by atoms with E-state index in [0.717, 1.165) is 5.56 Å². The van der Waals surface area contributed by atoms with E-state index in [2.05, 4.69) is 10.3 Å². The number of halogens is 1. The topological polar surface area (TPSA) is 68.0 Å². The van der Waals surface area contributed by atoms with Gasteiger partial charge in [0, 0.05) is 5.56 Å². The highest BCUT2D eigenvalue weighted by Crippen LogP contribution is 2.16. The van der Waals surface area contributed by atoms with Crippen LogP contribution in [0.1, 0.15) is 10.4 Å². The Bertz CT molecular complexity index is 522. The highest BCUT2D eigenvalue weighted by atomic mass is 19.1. The van der Waals surface area contributed by atoms with Crippen LogP contribution in [0.25, 0.3) is 11.3 Å². The number of hydrogen-bond acceptors (Lipinski definition) is 3. The SMILES string of the molecule is O=C(O)c1ccc(-c2cn(CCF)nn2)cc1. The highest BCUT2D eigenvalue weighted by Gasteiger charge is 2.06. The monoisotopic (exact) mass is 235 g/mol. The van der Waals surface area contributed by atoms with Crippen LogP contribution in [0.3, 0.4) is 0 Å². The first-order valence-electron chi connectivity index (χ1n) is 5.00. The maximum atomic E-state index is 12.1. The molecule has 5 nitrogen and oxygen atoms in total. The Kier molecular flexibility index (Phi) is 3.13. The molecule has 0 unspecified atom stereocenters. The van der Waals surface area contributed by atoms with Crippen LogP contribution in [0.15, 0.2) is 30.5 Å². The van der Waals surface area contributed by atoms with Crippen molar-refractivity contribution in [2.45, 2.75) is 6.54 Å². The number of aromatic carboxylic acids is 1. The molecule has 1 aromatic carbocycles. The van der Waals surface area contributed by atoms with Gasteiger partial charge in [0.25, 0.3) is 0 Å². The Balaban J connectivity index is 2.23. The lowest BCUT2D eigenvalue weighted by Crippen LogP contribution is -1.99. The zero-order chi connectivity index (χ0) is 12.3. The zero-order valence-corrected chi connectivity index (χ0v) is 8.88. The standard InChI is InChI=1S/C11H10FN3O2/c12-5-6-15-7-10(13-14-15)8-1-3-9(4-2-8)11(16)17/h1-4,7H,5-6H2,(H,16,17). The van der Waals surface area contributed by atoms with Gasteiger partial charge in [-0.05, 0) is 12.1 Å². The molecule has 0 aliphatic carbocycles. The summed E-state index contributed by atoms with van der Waals surface area (Å²) < 4.78 is 13.5. The van der Waals surface area contributed by atoms with Gasteiger partial charge in [-0.25, -0.2) is 13.9 Å². The third kappa shape index (κ3) is 2.47. The summed E-state index contributed by atoms with van der Waals surface area (Å²) in [6.07, 6.45) is 1.62. The Labute approximate surface area is 96.5 Å². The number of carboxylic acid groups (broad SMARTS) is 1. The van der Waals surface area contributed by atoms with Crippen molar-refractivity contribution in [3.05, 3.63) is 36.0 Å². The molecule has 2 aromatic rings. The van der Waals surface area contributed by atoms with Crippen molar-refractivity contribution in [1.29, 1.82) is 0 Å². The molecule has 0 aliphatic heterocycles. The van der Waals surface area contributed by atoms with Crippen molar-refractivity contribution in [3.63, 3.8) is 0 Å². The van der Waals surface area contributed by atoms with Gasteiger partial charge in [-0.1, -0.05) is 17.3 Å². The van der Waals surface area contributed by atoms with Crippen LogP contribution in [0.5, 0.6) is 0 Å². The van der Waals surface area contributed by atoms with Crippen LogP contribution < -0.4 is 0 Å². The minimum atomic E-state index is -0.974. The smallest absolute Gasteiger partial charge is 0.335 e. The van der Waals surface area contributed by atoms with Crippen LogP contribution >= 0.6 is 0 Å². The van der Waals surface area contributed by atoms with E-state index in [9.17, 15) is 9.18 Å². The van der Waals surface area contributed by atoms with E-state index in [1.165, 1.54) is 16.8 Å². The molecule has 1 aromatic heterocycles. The number of nitrogens with zero attached hydrogens (tertiary/aromatic N) is 3. The van der Waals surface area contributed by atoms with E-state index in [-0.39, 0.29) is 12.1 Å². The molecule has 0 spiro atoms. The van der Waals surface area contributed by atoms with Crippen molar-refractivity contribution in [1.82, 2.24) is 15.0 Å². The highest BCUT2D eigenvalue weighted by molar-refractivity contribution is 5.88. The molecule has 17 heavy (non-hydrogen) atoms. The lowest BCUT2D eigenvalue weighted by molar-refractivity contribution is 0.0697. The van der Waals surface area contributed by atoms with E-state index in [0.29, 0.717) is 5.69 Å². The molecule has 2 rings (SSSR count). The van der Waals surface area contributed by atoms with Gasteiger partial charge in [-0.2, -0.15) is 0 Å². The summed E-state index contributed by atoms with van der Waals surface area (Å²) in [7, 11) is 0. The van der Waals surface area contributed by atoms with Gasteiger partial charge in [-0.3, -0.25) is 0 Å². The maximum Gasteiger partial charge on any atom is 0.335 e. The number of carboxylic acids is 1. The van der Waals surface area contributed by atoms with Crippen LogP contribution in [0.2, 0.25) is 0 Å². The lowest BCUT2D eigenvalue weighted by Gasteiger charge is -1.97. The molecule has 0 saturated heterocycles.